The Morgan fingerprint density at radius 3 is 1.98 bits per heavy atom. The second kappa shape index (κ2) is 11.5. The molecule has 0 saturated heterocycles. The first kappa shape index (κ1) is 29.3. The van der Waals surface area contributed by atoms with Crippen LogP contribution < -0.4 is 4.90 Å². The molecule has 6 nitrogen and oxygen atoms in total. The number of anilines is 2. The van der Waals surface area contributed by atoms with Crippen molar-refractivity contribution in [3.63, 3.8) is 0 Å². The van der Waals surface area contributed by atoms with E-state index in [1.54, 1.807) is 0 Å². The van der Waals surface area contributed by atoms with E-state index in [2.05, 4.69) is 144 Å². The predicted octanol–water partition coefficient (Wildman–Crippen LogP) is 10.1. The van der Waals surface area contributed by atoms with Crippen LogP contribution in [0.1, 0.15) is 18.1 Å². The molecular weight excluding hydrogens is 625 g/mol. The molecule has 1 aliphatic carbocycles. The molecule has 0 spiro atoms. The molecule has 242 valence electrons. The van der Waals surface area contributed by atoms with E-state index in [1.165, 1.54) is 16.5 Å². The van der Waals surface area contributed by atoms with Crippen LogP contribution in [0.3, 0.4) is 0 Å². The molecule has 3 aromatic heterocycles. The Hall–Kier alpha value is -6.66. The third-order valence-electron chi connectivity index (χ3n) is 10.3. The number of hydrogen-bond acceptors (Lipinski definition) is 5. The summed E-state index contributed by atoms with van der Waals surface area (Å²) < 4.78 is 2.27. The van der Waals surface area contributed by atoms with Gasteiger partial charge in [-0.2, -0.15) is 9.97 Å². The van der Waals surface area contributed by atoms with Gasteiger partial charge in [0.25, 0.3) is 0 Å². The first-order chi connectivity index (χ1) is 25.2. The van der Waals surface area contributed by atoms with Crippen LogP contribution in [0.25, 0.3) is 56.0 Å². The van der Waals surface area contributed by atoms with Gasteiger partial charge in [-0.15, -0.1) is 0 Å². The molecule has 1 aliphatic heterocycles. The Balaban J connectivity index is 1.15. The lowest BCUT2D eigenvalue weighted by molar-refractivity contribution is 0.548. The van der Waals surface area contributed by atoms with Crippen LogP contribution in [-0.4, -0.2) is 30.5 Å². The highest BCUT2D eigenvalue weighted by molar-refractivity contribution is 6.13. The number of hydrogen-bond donors (Lipinski definition) is 0. The number of fused-ring (bicyclic) bond motifs is 6. The summed E-state index contributed by atoms with van der Waals surface area (Å²) in [7, 11) is 0. The highest BCUT2D eigenvalue weighted by atomic mass is 15.3. The Bertz CT molecular complexity index is 2600. The third-order valence-corrected chi connectivity index (χ3v) is 10.3. The zero-order chi connectivity index (χ0) is 33.9. The number of rotatable bonds is 5. The van der Waals surface area contributed by atoms with Gasteiger partial charge in [-0.05, 0) is 54.0 Å². The maximum absolute atomic E-state index is 5.15. The van der Waals surface area contributed by atoms with Crippen LogP contribution in [0, 0.1) is 0 Å². The average molecular weight is 657 g/mol. The fraction of sp³-hybridized carbons (Fsp3) is 0.0667. The summed E-state index contributed by atoms with van der Waals surface area (Å²) >= 11 is 0. The SMILES string of the molecule is CC12C=C(c3ccnc4c3c3ccccc3n4-c3ccccc3)C=CC1N(c1nc(-c3ccccc3)nc(-c3ccccc3)n1)c1ccccc12. The summed E-state index contributed by atoms with van der Waals surface area (Å²) in [5.74, 6) is 1.92. The smallest absolute Gasteiger partial charge is 0.234 e. The summed E-state index contributed by atoms with van der Waals surface area (Å²) in [4.78, 5) is 22.5. The normalized spacial score (nSPS) is 17.8. The molecule has 8 aromatic rings. The minimum Gasteiger partial charge on any atom is -0.302 e. The van der Waals surface area contributed by atoms with Crippen LogP contribution >= 0.6 is 0 Å². The van der Waals surface area contributed by atoms with Gasteiger partial charge in [0.2, 0.25) is 5.95 Å². The monoisotopic (exact) mass is 656 g/mol. The van der Waals surface area contributed by atoms with Gasteiger partial charge in [0.1, 0.15) is 5.65 Å². The lowest BCUT2D eigenvalue weighted by atomic mass is 9.73. The minimum absolute atomic E-state index is 0.0590. The van der Waals surface area contributed by atoms with Gasteiger partial charge in [-0.1, -0.05) is 133 Å². The van der Waals surface area contributed by atoms with Gasteiger partial charge in [-0.25, -0.2) is 9.97 Å². The quantitative estimate of drug-likeness (QED) is 0.185. The van der Waals surface area contributed by atoms with Crippen molar-refractivity contribution in [2.75, 3.05) is 4.90 Å². The van der Waals surface area contributed by atoms with E-state index in [0.717, 1.165) is 44.6 Å². The molecule has 0 radical (unpaired) electrons. The van der Waals surface area contributed by atoms with Crippen molar-refractivity contribution in [2.24, 2.45) is 0 Å². The van der Waals surface area contributed by atoms with Gasteiger partial charge in [0.15, 0.2) is 11.6 Å². The Kier molecular flexibility index (Phi) is 6.58. The number of pyridine rings is 1. The Labute approximate surface area is 295 Å². The molecule has 4 heterocycles. The zero-order valence-corrected chi connectivity index (χ0v) is 27.9. The summed E-state index contributed by atoms with van der Waals surface area (Å²) in [5.41, 5.74) is 9.36. The Morgan fingerprint density at radius 2 is 1.25 bits per heavy atom. The zero-order valence-electron chi connectivity index (χ0n) is 27.9. The molecule has 0 N–H and O–H groups in total. The standard InChI is InChI=1S/C45H32N6/c1-45-29-32(34-27-28-46-43-40(34)35-21-11-13-23-37(35)50(43)33-19-9-4-10-20-33)25-26-39(45)51(38-24-14-12-22-36(38)45)44-48-41(30-15-5-2-6-16-30)47-42(49-44)31-17-7-3-8-18-31/h2-29,39H,1H3. The molecule has 51 heavy (non-hydrogen) atoms. The fourth-order valence-corrected chi connectivity index (χ4v) is 8.00. The van der Waals surface area contributed by atoms with Crippen molar-refractivity contribution in [3.05, 3.63) is 181 Å². The van der Waals surface area contributed by atoms with Crippen molar-refractivity contribution in [3.8, 4) is 28.5 Å². The summed E-state index contributed by atoms with van der Waals surface area (Å²) in [6.45, 7) is 2.34. The fourth-order valence-electron chi connectivity index (χ4n) is 8.00. The van der Waals surface area contributed by atoms with Gasteiger partial charge in [-0.3, -0.25) is 4.57 Å². The highest BCUT2D eigenvalue weighted by Crippen LogP contribution is 2.53. The molecule has 0 bridgehead atoms. The molecule has 6 heteroatoms. The number of allylic oxidation sites excluding steroid dienone is 2. The molecule has 0 amide bonds. The second-order valence-corrected chi connectivity index (χ2v) is 13.3. The van der Waals surface area contributed by atoms with Crippen LogP contribution in [0.15, 0.2) is 170 Å². The van der Waals surface area contributed by atoms with Crippen molar-refractivity contribution in [1.29, 1.82) is 0 Å². The van der Waals surface area contributed by atoms with Gasteiger partial charge in [0, 0.05) is 44.9 Å². The van der Waals surface area contributed by atoms with Crippen molar-refractivity contribution >= 4 is 39.1 Å². The van der Waals surface area contributed by atoms with E-state index in [9.17, 15) is 0 Å². The summed E-state index contributed by atoms with van der Waals surface area (Å²) in [5, 5.41) is 2.33. The van der Waals surface area contributed by atoms with E-state index in [1.807, 2.05) is 42.6 Å². The molecular formula is C45H32N6. The summed E-state index contributed by atoms with van der Waals surface area (Å²) in [6.07, 6.45) is 8.98. The number of benzene rings is 5. The first-order valence-corrected chi connectivity index (χ1v) is 17.3. The van der Waals surface area contributed by atoms with Gasteiger partial charge < -0.3 is 4.90 Å². The number of nitrogens with zero attached hydrogens (tertiary/aromatic N) is 6. The van der Waals surface area contributed by atoms with E-state index in [4.69, 9.17) is 19.9 Å². The largest absolute Gasteiger partial charge is 0.302 e. The van der Waals surface area contributed by atoms with E-state index in [0.29, 0.717) is 17.6 Å². The first-order valence-electron chi connectivity index (χ1n) is 17.3. The van der Waals surface area contributed by atoms with Crippen LogP contribution in [0.5, 0.6) is 0 Å². The van der Waals surface area contributed by atoms with Gasteiger partial charge >= 0.3 is 0 Å². The van der Waals surface area contributed by atoms with Crippen molar-refractivity contribution < 1.29 is 0 Å². The van der Waals surface area contributed by atoms with Gasteiger partial charge in [0.05, 0.1) is 11.6 Å². The Morgan fingerprint density at radius 1 is 0.627 bits per heavy atom. The maximum Gasteiger partial charge on any atom is 0.234 e. The predicted molar refractivity (Wildman–Crippen MR) is 206 cm³/mol. The van der Waals surface area contributed by atoms with E-state index >= 15 is 0 Å². The maximum atomic E-state index is 5.15. The van der Waals surface area contributed by atoms with Crippen molar-refractivity contribution in [1.82, 2.24) is 24.5 Å². The second-order valence-electron chi connectivity index (χ2n) is 13.3. The number of aromatic nitrogens is 5. The number of para-hydroxylation sites is 3. The molecule has 0 saturated carbocycles. The topological polar surface area (TPSA) is 59.7 Å². The van der Waals surface area contributed by atoms with Crippen LogP contribution in [-0.2, 0) is 5.41 Å². The average Bonchev–Trinajstić information content (AvgIpc) is 3.68. The summed E-state index contributed by atoms with van der Waals surface area (Å²) in [6, 6.07) is 50.2. The highest BCUT2D eigenvalue weighted by Gasteiger charge is 2.48. The molecule has 2 unspecified atom stereocenters. The minimum atomic E-state index is -0.374. The molecule has 2 atom stereocenters. The molecule has 0 fully saturated rings. The van der Waals surface area contributed by atoms with Crippen LogP contribution in [0.4, 0.5) is 11.6 Å². The van der Waals surface area contributed by atoms with Crippen LogP contribution in [0.2, 0.25) is 0 Å². The molecule has 5 aromatic carbocycles. The molecule has 10 rings (SSSR count). The lowest BCUT2D eigenvalue weighted by Crippen LogP contribution is -2.40. The molecule has 2 aliphatic rings. The lowest BCUT2D eigenvalue weighted by Gasteiger charge is -2.35. The van der Waals surface area contributed by atoms with E-state index in [-0.39, 0.29) is 11.5 Å². The van der Waals surface area contributed by atoms with E-state index < -0.39 is 0 Å². The third kappa shape index (κ3) is 4.57. The van der Waals surface area contributed by atoms with Crippen molar-refractivity contribution in [2.45, 2.75) is 18.4 Å².